The lowest BCUT2D eigenvalue weighted by Gasteiger charge is -2.24. The second-order valence-electron chi connectivity index (χ2n) is 6.64. The van der Waals surface area contributed by atoms with Gasteiger partial charge in [0.2, 0.25) is 0 Å². The van der Waals surface area contributed by atoms with E-state index in [1.54, 1.807) is 17.9 Å². The third kappa shape index (κ3) is 3.56. The SMILES string of the molecule is CO[C@H]1C[C@@H](Cn2ccc(N)n2)N(C(=O)c2ccc3c(c2)COC3)C1.Cl. The van der Waals surface area contributed by atoms with E-state index in [4.69, 9.17) is 15.2 Å². The van der Waals surface area contributed by atoms with Crippen molar-refractivity contribution in [2.24, 2.45) is 0 Å². The molecule has 7 nitrogen and oxygen atoms in total. The van der Waals surface area contributed by atoms with Gasteiger partial charge in [0.05, 0.1) is 31.9 Å². The summed E-state index contributed by atoms with van der Waals surface area (Å²) < 4.78 is 12.7. The average molecular weight is 379 g/mol. The molecule has 0 radical (unpaired) electrons. The number of anilines is 1. The van der Waals surface area contributed by atoms with Crippen LogP contribution >= 0.6 is 12.4 Å². The number of hydrogen-bond acceptors (Lipinski definition) is 5. The van der Waals surface area contributed by atoms with Crippen LogP contribution in [0.3, 0.4) is 0 Å². The number of rotatable bonds is 4. The first kappa shape index (κ1) is 18.7. The van der Waals surface area contributed by atoms with Gasteiger partial charge in [-0.25, -0.2) is 0 Å². The summed E-state index contributed by atoms with van der Waals surface area (Å²) in [7, 11) is 1.69. The highest BCUT2D eigenvalue weighted by atomic mass is 35.5. The normalized spacial score (nSPS) is 21.5. The van der Waals surface area contributed by atoms with E-state index in [1.165, 1.54) is 0 Å². The van der Waals surface area contributed by atoms with Crippen LogP contribution in [0.4, 0.5) is 5.82 Å². The molecule has 140 valence electrons. The van der Waals surface area contributed by atoms with Gasteiger partial charge in [-0.2, -0.15) is 5.10 Å². The molecule has 3 heterocycles. The van der Waals surface area contributed by atoms with E-state index in [-0.39, 0.29) is 30.5 Å². The zero-order valence-electron chi connectivity index (χ0n) is 14.6. The fraction of sp³-hybridized carbons (Fsp3) is 0.444. The van der Waals surface area contributed by atoms with E-state index in [2.05, 4.69) is 5.10 Å². The molecule has 1 aromatic heterocycles. The number of aromatic nitrogens is 2. The molecule has 0 spiro atoms. The van der Waals surface area contributed by atoms with Crippen LogP contribution in [0.15, 0.2) is 30.5 Å². The summed E-state index contributed by atoms with van der Waals surface area (Å²) in [5.41, 5.74) is 8.66. The van der Waals surface area contributed by atoms with Crippen LogP contribution in [0.5, 0.6) is 0 Å². The first-order valence-corrected chi connectivity index (χ1v) is 8.46. The number of carbonyl (C=O) groups is 1. The van der Waals surface area contributed by atoms with Gasteiger partial charge in [-0.15, -0.1) is 12.4 Å². The molecule has 1 aromatic carbocycles. The van der Waals surface area contributed by atoms with Crippen molar-refractivity contribution in [2.75, 3.05) is 19.4 Å². The van der Waals surface area contributed by atoms with Gasteiger partial charge in [0.15, 0.2) is 0 Å². The van der Waals surface area contributed by atoms with Crippen molar-refractivity contribution in [1.29, 1.82) is 0 Å². The van der Waals surface area contributed by atoms with Crippen molar-refractivity contribution in [1.82, 2.24) is 14.7 Å². The predicted molar refractivity (Wildman–Crippen MR) is 99.1 cm³/mol. The molecular weight excluding hydrogens is 356 g/mol. The second-order valence-corrected chi connectivity index (χ2v) is 6.64. The number of methoxy groups -OCH3 is 1. The van der Waals surface area contributed by atoms with Crippen molar-refractivity contribution < 1.29 is 14.3 Å². The summed E-state index contributed by atoms with van der Waals surface area (Å²) in [4.78, 5) is 15.0. The molecule has 0 saturated carbocycles. The number of nitrogens with zero attached hydrogens (tertiary/aromatic N) is 3. The molecule has 8 heteroatoms. The molecule has 0 aliphatic carbocycles. The van der Waals surface area contributed by atoms with Gasteiger partial charge < -0.3 is 20.1 Å². The van der Waals surface area contributed by atoms with Gasteiger partial charge in [-0.05, 0) is 35.7 Å². The fourth-order valence-electron chi connectivity index (χ4n) is 3.63. The number of likely N-dealkylation sites (tertiary alicyclic amines) is 1. The highest BCUT2D eigenvalue weighted by Crippen LogP contribution is 2.26. The van der Waals surface area contributed by atoms with Crippen LogP contribution in [-0.4, -0.2) is 46.4 Å². The summed E-state index contributed by atoms with van der Waals surface area (Å²) in [5.74, 6) is 0.511. The number of nitrogens with two attached hydrogens (primary N) is 1. The number of benzene rings is 1. The molecule has 2 aromatic rings. The van der Waals surface area contributed by atoms with Crippen molar-refractivity contribution in [3.63, 3.8) is 0 Å². The topological polar surface area (TPSA) is 82.6 Å². The first-order chi connectivity index (χ1) is 12.1. The Bertz CT molecular complexity index is 794. The standard InChI is InChI=1S/C18H22N4O3.ClH/c1-24-16-7-15(8-21-5-4-17(19)20-21)22(9-16)18(23)12-2-3-13-10-25-11-14(13)6-12;/h2-6,15-16H,7-11H2,1H3,(H2,19,20);1H/t15-,16-;/m0./s1. The molecule has 26 heavy (non-hydrogen) atoms. The molecule has 2 atom stereocenters. The highest BCUT2D eigenvalue weighted by Gasteiger charge is 2.36. The molecule has 1 fully saturated rings. The maximum Gasteiger partial charge on any atom is 0.254 e. The van der Waals surface area contributed by atoms with E-state index in [0.717, 1.165) is 17.5 Å². The molecule has 2 N–H and O–H groups in total. The summed E-state index contributed by atoms with van der Waals surface area (Å²) in [6.45, 7) is 2.40. The number of ether oxygens (including phenoxy) is 2. The Morgan fingerprint density at radius 3 is 2.88 bits per heavy atom. The number of carbonyl (C=O) groups excluding carboxylic acids is 1. The first-order valence-electron chi connectivity index (χ1n) is 8.46. The Labute approximate surface area is 158 Å². The molecule has 0 bridgehead atoms. The molecule has 1 saturated heterocycles. The molecule has 4 rings (SSSR count). The molecular formula is C18H23ClN4O3. The van der Waals surface area contributed by atoms with E-state index in [1.807, 2.05) is 29.3 Å². The Hall–Kier alpha value is -2.09. The van der Waals surface area contributed by atoms with Gasteiger partial charge in [0.1, 0.15) is 5.82 Å². The zero-order chi connectivity index (χ0) is 17.4. The minimum atomic E-state index is 0. The summed E-state index contributed by atoms with van der Waals surface area (Å²) in [6.07, 6.45) is 2.67. The van der Waals surface area contributed by atoms with Crippen molar-refractivity contribution >= 4 is 24.1 Å². The van der Waals surface area contributed by atoms with Crippen molar-refractivity contribution in [3.8, 4) is 0 Å². The van der Waals surface area contributed by atoms with Gasteiger partial charge in [-0.1, -0.05) is 6.07 Å². The number of amides is 1. The number of nitrogen functional groups attached to an aromatic ring is 1. The molecule has 1 amide bonds. The maximum atomic E-state index is 13.1. The van der Waals surface area contributed by atoms with Crippen LogP contribution in [0.1, 0.15) is 27.9 Å². The average Bonchev–Trinajstić information content (AvgIpc) is 3.33. The fourth-order valence-corrected chi connectivity index (χ4v) is 3.63. The van der Waals surface area contributed by atoms with Gasteiger partial charge in [0, 0.05) is 25.4 Å². The third-order valence-corrected chi connectivity index (χ3v) is 5.00. The lowest BCUT2D eigenvalue weighted by Crippen LogP contribution is -2.38. The van der Waals surface area contributed by atoms with Crippen LogP contribution in [0.25, 0.3) is 0 Å². The Kier molecular flexibility index (Phi) is 5.50. The third-order valence-electron chi connectivity index (χ3n) is 5.00. The van der Waals surface area contributed by atoms with Crippen molar-refractivity contribution in [2.45, 2.75) is 38.3 Å². The number of fused-ring (bicyclic) bond motifs is 1. The van der Waals surface area contributed by atoms with Crippen LogP contribution in [0.2, 0.25) is 0 Å². The lowest BCUT2D eigenvalue weighted by atomic mass is 10.1. The lowest BCUT2D eigenvalue weighted by molar-refractivity contribution is 0.0678. The van der Waals surface area contributed by atoms with E-state index >= 15 is 0 Å². The predicted octanol–water partition coefficient (Wildman–Crippen LogP) is 1.85. The Balaban J connectivity index is 0.00000196. The van der Waals surface area contributed by atoms with E-state index < -0.39 is 0 Å². The largest absolute Gasteiger partial charge is 0.382 e. The van der Waals surface area contributed by atoms with E-state index in [0.29, 0.717) is 37.7 Å². The monoisotopic (exact) mass is 378 g/mol. The molecule has 0 unspecified atom stereocenters. The van der Waals surface area contributed by atoms with Gasteiger partial charge in [-0.3, -0.25) is 9.48 Å². The van der Waals surface area contributed by atoms with Crippen LogP contribution < -0.4 is 5.73 Å². The van der Waals surface area contributed by atoms with Crippen LogP contribution in [0, 0.1) is 0 Å². The molecule has 2 aliphatic rings. The number of hydrogen-bond donors (Lipinski definition) is 1. The zero-order valence-corrected chi connectivity index (χ0v) is 15.4. The van der Waals surface area contributed by atoms with E-state index in [9.17, 15) is 4.79 Å². The quantitative estimate of drug-likeness (QED) is 0.877. The maximum absolute atomic E-state index is 13.1. The Morgan fingerprint density at radius 2 is 2.15 bits per heavy atom. The minimum Gasteiger partial charge on any atom is -0.382 e. The number of halogens is 1. The second kappa shape index (κ2) is 7.65. The minimum absolute atomic E-state index is 0. The summed E-state index contributed by atoms with van der Waals surface area (Å²) in [5, 5.41) is 4.24. The smallest absolute Gasteiger partial charge is 0.254 e. The summed E-state index contributed by atoms with van der Waals surface area (Å²) in [6, 6.07) is 7.62. The van der Waals surface area contributed by atoms with Gasteiger partial charge >= 0.3 is 0 Å². The van der Waals surface area contributed by atoms with Crippen LogP contribution in [-0.2, 0) is 29.2 Å². The highest BCUT2D eigenvalue weighted by molar-refractivity contribution is 5.95. The Morgan fingerprint density at radius 1 is 1.35 bits per heavy atom. The summed E-state index contributed by atoms with van der Waals surface area (Å²) >= 11 is 0. The van der Waals surface area contributed by atoms with Gasteiger partial charge in [0.25, 0.3) is 5.91 Å². The molecule has 2 aliphatic heterocycles. The van der Waals surface area contributed by atoms with Crippen molar-refractivity contribution in [3.05, 3.63) is 47.2 Å².